The molecule has 0 radical (unpaired) electrons. The Kier molecular flexibility index (Phi) is 8.75. The van der Waals surface area contributed by atoms with Gasteiger partial charge in [-0.15, -0.1) is 0 Å². The van der Waals surface area contributed by atoms with E-state index in [0.29, 0.717) is 36.8 Å². The molecule has 1 unspecified atom stereocenters. The average Bonchev–Trinajstić information content (AvgIpc) is 2.91. The van der Waals surface area contributed by atoms with Gasteiger partial charge in [0.2, 0.25) is 0 Å². The molecule has 1 amide bonds. The van der Waals surface area contributed by atoms with E-state index in [-0.39, 0.29) is 18.0 Å². The summed E-state index contributed by atoms with van der Waals surface area (Å²) in [5, 5.41) is 0.680. The number of carbonyl (C=O) groups excluding carboxylic acids is 2. The molecule has 0 N–H and O–H groups in total. The number of ether oxygens (including phenoxy) is 2. The molecular weight excluding hydrogens is 476 g/mol. The van der Waals surface area contributed by atoms with Crippen molar-refractivity contribution in [2.75, 3.05) is 39.8 Å². The molecule has 1 saturated heterocycles. The molecule has 1 heterocycles. The Morgan fingerprint density at radius 2 is 1.61 bits per heavy atom. The Labute approximate surface area is 217 Å². The van der Waals surface area contributed by atoms with Gasteiger partial charge >= 0.3 is 5.97 Å². The molecule has 7 heteroatoms. The number of hydrogen-bond donors (Lipinski definition) is 0. The zero-order chi connectivity index (χ0) is 25.5. The number of carbonyl (C=O) groups is 2. The van der Waals surface area contributed by atoms with Crippen LogP contribution in [0.15, 0.2) is 72.8 Å². The highest BCUT2D eigenvalue weighted by Crippen LogP contribution is 2.24. The molecule has 0 saturated carbocycles. The van der Waals surface area contributed by atoms with Gasteiger partial charge in [-0.25, -0.2) is 4.79 Å². The van der Waals surface area contributed by atoms with Gasteiger partial charge in [0.05, 0.1) is 25.4 Å². The van der Waals surface area contributed by atoms with E-state index in [1.807, 2.05) is 72.5 Å². The third-order valence-corrected chi connectivity index (χ3v) is 6.67. The Morgan fingerprint density at radius 1 is 0.917 bits per heavy atom. The fourth-order valence-corrected chi connectivity index (χ4v) is 4.44. The number of rotatable bonds is 8. The number of nitrogens with zero attached hydrogens (tertiary/aromatic N) is 2. The third-order valence-electron chi connectivity index (χ3n) is 6.42. The highest BCUT2D eigenvalue weighted by molar-refractivity contribution is 6.30. The van der Waals surface area contributed by atoms with Crippen LogP contribution in [-0.2, 0) is 16.1 Å². The molecule has 6 nitrogen and oxygen atoms in total. The van der Waals surface area contributed by atoms with Gasteiger partial charge in [-0.2, -0.15) is 0 Å². The minimum Gasteiger partial charge on any atom is -0.465 e. The van der Waals surface area contributed by atoms with E-state index in [1.54, 1.807) is 12.1 Å². The van der Waals surface area contributed by atoms with Gasteiger partial charge in [-0.3, -0.25) is 9.69 Å². The van der Waals surface area contributed by atoms with Crippen molar-refractivity contribution in [3.05, 3.63) is 106 Å². The van der Waals surface area contributed by atoms with Gasteiger partial charge < -0.3 is 14.4 Å². The molecule has 3 aromatic rings. The first kappa shape index (κ1) is 25.9. The third kappa shape index (κ3) is 6.72. The zero-order valence-electron chi connectivity index (χ0n) is 20.7. The summed E-state index contributed by atoms with van der Waals surface area (Å²) < 4.78 is 11.1. The molecule has 36 heavy (non-hydrogen) atoms. The largest absolute Gasteiger partial charge is 0.465 e. The van der Waals surface area contributed by atoms with Crippen LogP contribution in [0.2, 0.25) is 5.02 Å². The maximum atomic E-state index is 12.9. The Bertz CT molecular complexity index is 1170. The number of halogens is 1. The van der Waals surface area contributed by atoms with Gasteiger partial charge in [0, 0.05) is 43.3 Å². The first-order valence-corrected chi connectivity index (χ1v) is 12.4. The molecule has 0 aromatic heterocycles. The Morgan fingerprint density at radius 3 is 2.25 bits per heavy atom. The summed E-state index contributed by atoms with van der Waals surface area (Å²) in [6, 6.07) is 22.7. The summed E-state index contributed by atoms with van der Waals surface area (Å²) in [6.07, 6.45) is -0.165. The monoisotopic (exact) mass is 506 g/mol. The fraction of sp³-hybridized carbons (Fsp3) is 0.310. The van der Waals surface area contributed by atoms with Crippen LogP contribution in [0.25, 0.3) is 0 Å². The first-order chi connectivity index (χ1) is 17.4. The second kappa shape index (κ2) is 12.2. The molecule has 1 fully saturated rings. The van der Waals surface area contributed by atoms with Crippen LogP contribution >= 0.6 is 11.6 Å². The number of amides is 1. The molecule has 0 spiro atoms. The minimum atomic E-state index is -0.360. The lowest BCUT2D eigenvalue weighted by Gasteiger charge is -2.36. The van der Waals surface area contributed by atoms with Crippen LogP contribution in [0.5, 0.6) is 0 Å². The molecule has 0 bridgehead atoms. The van der Waals surface area contributed by atoms with E-state index in [2.05, 4.69) is 4.90 Å². The standard InChI is InChI=1S/C29H31ClN2O4/c1-21-4-3-5-25(18-21)28(33)32-16-14-31(15-17-32)19-27(23-10-12-26(30)13-11-23)36-20-22-6-8-24(9-7-22)29(34)35-2/h3-13,18,27H,14-17,19-20H2,1-2H3. The summed E-state index contributed by atoms with van der Waals surface area (Å²) in [5.74, 6) is -0.277. The van der Waals surface area contributed by atoms with Crippen LogP contribution < -0.4 is 0 Å². The molecule has 188 valence electrons. The maximum Gasteiger partial charge on any atom is 0.337 e. The Balaban J connectivity index is 1.38. The number of aryl methyl sites for hydroxylation is 1. The topological polar surface area (TPSA) is 59.1 Å². The molecule has 1 aliphatic rings. The van der Waals surface area contributed by atoms with Crippen LogP contribution in [-0.4, -0.2) is 61.5 Å². The van der Waals surface area contributed by atoms with E-state index >= 15 is 0 Å². The lowest BCUT2D eigenvalue weighted by molar-refractivity contribution is 0.00340. The highest BCUT2D eigenvalue weighted by atomic mass is 35.5. The Hall–Kier alpha value is -3.19. The van der Waals surface area contributed by atoms with Gasteiger partial charge in [0.1, 0.15) is 0 Å². The van der Waals surface area contributed by atoms with E-state index in [0.717, 1.165) is 35.3 Å². The molecular formula is C29H31ClN2O4. The summed E-state index contributed by atoms with van der Waals surface area (Å²) in [5.41, 5.74) is 4.35. The number of hydrogen-bond acceptors (Lipinski definition) is 5. The first-order valence-electron chi connectivity index (χ1n) is 12.1. The van der Waals surface area contributed by atoms with E-state index in [4.69, 9.17) is 21.1 Å². The predicted octanol–water partition coefficient (Wildman–Crippen LogP) is 5.15. The van der Waals surface area contributed by atoms with Crippen molar-refractivity contribution in [1.29, 1.82) is 0 Å². The van der Waals surface area contributed by atoms with Crippen molar-refractivity contribution in [1.82, 2.24) is 9.80 Å². The van der Waals surface area contributed by atoms with Crippen LogP contribution in [0.4, 0.5) is 0 Å². The molecule has 1 aliphatic heterocycles. The highest BCUT2D eigenvalue weighted by Gasteiger charge is 2.25. The van der Waals surface area contributed by atoms with Gasteiger partial charge in [0.15, 0.2) is 0 Å². The molecule has 1 atom stereocenters. The summed E-state index contributed by atoms with van der Waals surface area (Å²) in [6.45, 7) is 6.01. The lowest BCUT2D eigenvalue weighted by atomic mass is 10.1. The summed E-state index contributed by atoms with van der Waals surface area (Å²) in [7, 11) is 1.37. The SMILES string of the molecule is COC(=O)c1ccc(COC(CN2CCN(C(=O)c3cccc(C)c3)CC2)c2ccc(Cl)cc2)cc1. The quantitative estimate of drug-likeness (QED) is 0.395. The minimum absolute atomic E-state index is 0.0826. The van der Waals surface area contributed by atoms with Gasteiger partial charge in [-0.05, 0) is 54.4 Å². The van der Waals surface area contributed by atoms with E-state index in [1.165, 1.54) is 7.11 Å². The number of piperazine rings is 1. The van der Waals surface area contributed by atoms with Crippen molar-refractivity contribution in [3.63, 3.8) is 0 Å². The van der Waals surface area contributed by atoms with Crippen molar-refractivity contribution >= 4 is 23.5 Å². The zero-order valence-corrected chi connectivity index (χ0v) is 21.4. The summed E-state index contributed by atoms with van der Waals surface area (Å²) in [4.78, 5) is 28.9. The van der Waals surface area contributed by atoms with E-state index in [9.17, 15) is 9.59 Å². The number of benzene rings is 3. The smallest absolute Gasteiger partial charge is 0.337 e. The van der Waals surface area contributed by atoms with Crippen molar-refractivity contribution < 1.29 is 19.1 Å². The second-order valence-corrected chi connectivity index (χ2v) is 9.44. The number of esters is 1. The van der Waals surface area contributed by atoms with E-state index < -0.39 is 0 Å². The predicted molar refractivity (Wildman–Crippen MR) is 140 cm³/mol. The maximum absolute atomic E-state index is 12.9. The fourth-order valence-electron chi connectivity index (χ4n) is 4.31. The normalized spacial score (nSPS) is 14.9. The van der Waals surface area contributed by atoms with Crippen LogP contribution in [0.3, 0.4) is 0 Å². The summed E-state index contributed by atoms with van der Waals surface area (Å²) >= 11 is 6.11. The van der Waals surface area contributed by atoms with Gasteiger partial charge in [-0.1, -0.05) is 53.6 Å². The van der Waals surface area contributed by atoms with Crippen molar-refractivity contribution in [3.8, 4) is 0 Å². The van der Waals surface area contributed by atoms with Crippen molar-refractivity contribution in [2.45, 2.75) is 19.6 Å². The van der Waals surface area contributed by atoms with Crippen molar-refractivity contribution in [2.24, 2.45) is 0 Å². The lowest BCUT2D eigenvalue weighted by Crippen LogP contribution is -2.49. The van der Waals surface area contributed by atoms with Gasteiger partial charge in [0.25, 0.3) is 5.91 Å². The number of methoxy groups -OCH3 is 1. The van der Waals surface area contributed by atoms with Crippen LogP contribution in [0.1, 0.15) is 43.5 Å². The molecule has 4 rings (SSSR count). The molecule has 3 aromatic carbocycles. The second-order valence-electron chi connectivity index (χ2n) is 9.00. The molecule has 0 aliphatic carbocycles. The average molecular weight is 507 g/mol. The van der Waals surface area contributed by atoms with Crippen LogP contribution in [0, 0.1) is 6.92 Å².